The highest BCUT2D eigenvalue weighted by Gasteiger charge is 2.43. The number of aryl methyl sites for hydroxylation is 1. The normalized spacial score (nSPS) is 20.0. The molecule has 12 nitrogen and oxygen atoms in total. The van der Waals surface area contributed by atoms with Gasteiger partial charge in [0, 0.05) is 51.4 Å². The summed E-state index contributed by atoms with van der Waals surface area (Å²) in [5.41, 5.74) is -1.15. The van der Waals surface area contributed by atoms with E-state index in [0.29, 0.717) is 13.2 Å². The number of amides is 1. The summed E-state index contributed by atoms with van der Waals surface area (Å²) < 4.78 is 50.2. The van der Waals surface area contributed by atoms with Gasteiger partial charge in [-0.2, -0.15) is 0 Å². The number of Topliss-reactive ketones (excluding diaryl/α,β-unsaturated/α-hetero) is 1. The number of rotatable bonds is 10. The maximum Gasteiger partial charge on any atom is 0.511 e. The third-order valence-electron chi connectivity index (χ3n) is 7.88. The van der Waals surface area contributed by atoms with E-state index in [1.807, 2.05) is 7.05 Å². The number of hydrogen-bond donors (Lipinski definition) is 0. The van der Waals surface area contributed by atoms with Gasteiger partial charge in [0.05, 0.1) is 24.8 Å². The Hall–Kier alpha value is -3.88. The predicted molar refractivity (Wildman–Crippen MR) is 154 cm³/mol. The van der Waals surface area contributed by atoms with Crippen molar-refractivity contribution in [2.45, 2.75) is 46.0 Å². The Kier molecular flexibility index (Phi) is 10.7. The second-order valence-electron chi connectivity index (χ2n) is 10.9. The maximum atomic E-state index is 14.1. The van der Waals surface area contributed by atoms with Crippen LogP contribution in [-0.4, -0.2) is 109 Å². The van der Waals surface area contributed by atoms with Gasteiger partial charge in [-0.15, -0.1) is 0 Å². The first-order valence-corrected chi connectivity index (χ1v) is 14.1. The van der Waals surface area contributed by atoms with Crippen molar-refractivity contribution < 1.29 is 42.1 Å². The van der Waals surface area contributed by atoms with Crippen LogP contribution >= 0.6 is 0 Å². The lowest BCUT2D eigenvalue weighted by Crippen LogP contribution is -2.49. The Morgan fingerprint density at radius 1 is 1.09 bits per heavy atom. The molecule has 3 aliphatic heterocycles. The fourth-order valence-electron chi connectivity index (χ4n) is 5.41. The number of pyridine rings is 1. The van der Waals surface area contributed by atoms with Gasteiger partial charge < -0.3 is 33.3 Å². The van der Waals surface area contributed by atoms with E-state index in [1.54, 1.807) is 6.92 Å². The van der Waals surface area contributed by atoms with Crippen LogP contribution in [0.4, 0.5) is 13.6 Å². The first-order valence-electron chi connectivity index (χ1n) is 14.1. The van der Waals surface area contributed by atoms with Crippen LogP contribution < -0.4 is 10.2 Å². The molecular formula is C30H38F2N4O8. The summed E-state index contributed by atoms with van der Waals surface area (Å²) >= 11 is 0. The maximum absolute atomic E-state index is 14.1. The van der Waals surface area contributed by atoms with Crippen LogP contribution in [0.25, 0.3) is 0 Å². The van der Waals surface area contributed by atoms with Crippen LogP contribution in [0.2, 0.25) is 0 Å². The minimum absolute atomic E-state index is 0. The summed E-state index contributed by atoms with van der Waals surface area (Å²) in [6.45, 7) is 5.69. The minimum atomic E-state index is -1.01. The molecule has 4 heterocycles. The lowest BCUT2D eigenvalue weighted by atomic mass is 10.0. The molecule has 0 unspecified atom stereocenters. The van der Waals surface area contributed by atoms with Gasteiger partial charge in [0.15, 0.2) is 17.7 Å². The van der Waals surface area contributed by atoms with Crippen molar-refractivity contribution in [3.63, 3.8) is 0 Å². The number of halogens is 2. The monoisotopic (exact) mass is 620 g/mol. The van der Waals surface area contributed by atoms with Crippen molar-refractivity contribution in [1.82, 2.24) is 19.3 Å². The predicted octanol–water partition coefficient (Wildman–Crippen LogP) is 2.52. The van der Waals surface area contributed by atoms with E-state index in [0.717, 1.165) is 38.3 Å². The second-order valence-corrected chi connectivity index (χ2v) is 10.9. The average molecular weight is 621 g/mol. The number of nitrogens with zero attached hydrogens (tertiary/aromatic N) is 4. The molecule has 0 radical (unpaired) electrons. The van der Waals surface area contributed by atoms with E-state index < -0.39 is 53.7 Å². The number of hydrogen-bond acceptors (Lipinski definition) is 10. The standard InChI is InChI=1S/C29H34F2N4O8.CH4/c1-18-16-41-24-15-34-14-21(23(36)6-4-19-3-5-20(30)13-22(19)31)26(37)27(25(34)28(38)35(18)24)42-17-43-29(39)40-12-11-33-9-7-32(2)8-10-33;/h3,5,13-14,18,24H,4,6-12,15-17H2,1-2H3;1H4/t18-,24+;/m0./s1. The number of aromatic nitrogens is 1. The third kappa shape index (κ3) is 7.25. The number of likely N-dealkylation sites (N-methyl/N-ethyl adjacent to an activating group) is 1. The van der Waals surface area contributed by atoms with Gasteiger partial charge in [-0.1, -0.05) is 13.5 Å². The number of ketones is 1. The lowest BCUT2D eigenvalue weighted by Gasteiger charge is -2.34. The molecule has 240 valence electrons. The highest BCUT2D eigenvalue weighted by atomic mass is 19.1. The smallest absolute Gasteiger partial charge is 0.451 e. The molecular weight excluding hydrogens is 582 g/mol. The zero-order valence-corrected chi connectivity index (χ0v) is 24.1. The zero-order valence-electron chi connectivity index (χ0n) is 24.1. The average Bonchev–Trinajstić information content (AvgIpc) is 3.35. The van der Waals surface area contributed by atoms with E-state index in [4.69, 9.17) is 18.9 Å². The first-order chi connectivity index (χ1) is 20.6. The first kappa shape index (κ1) is 33.0. The number of carbonyl (C=O) groups excluding carboxylic acids is 3. The molecule has 0 saturated carbocycles. The van der Waals surface area contributed by atoms with Gasteiger partial charge in [0.2, 0.25) is 18.0 Å². The summed E-state index contributed by atoms with van der Waals surface area (Å²) in [5, 5.41) is 0. The molecule has 5 rings (SSSR count). The molecule has 0 N–H and O–H groups in total. The van der Waals surface area contributed by atoms with E-state index >= 15 is 0 Å². The van der Waals surface area contributed by atoms with Gasteiger partial charge in [-0.3, -0.25) is 19.3 Å². The van der Waals surface area contributed by atoms with Gasteiger partial charge in [0.25, 0.3) is 5.91 Å². The van der Waals surface area contributed by atoms with E-state index in [2.05, 4.69) is 9.80 Å². The van der Waals surface area contributed by atoms with Crippen LogP contribution in [-0.2, 0) is 27.2 Å². The van der Waals surface area contributed by atoms with Gasteiger partial charge in [-0.25, -0.2) is 13.6 Å². The minimum Gasteiger partial charge on any atom is -0.451 e. The Morgan fingerprint density at radius 2 is 1.84 bits per heavy atom. The molecule has 14 heteroatoms. The number of piperazine rings is 1. The van der Waals surface area contributed by atoms with Crippen LogP contribution in [0.3, 0.4) is 0 Å². The van der Waals surface area contributed by atoms with Crippen molar-refractivity contribution in [1.29, 1.82) is 0 Å². The SMILES string of the molecule is C.C[C@H]1CO[C@@H]2Cn3cc(C(=O)CCc4ccc(F)cc4F)c(=O)c(OCOC(=O)OCCN4CCN(C)CC4)c3C(=O)N12. The summed E-state index contributed by atoms with van der Waals surface area (Å²) in [4.78, 5) is 58.2. The Bertz CT molecular complexity index is 1440. The molecule has 2 atom stereocenters. The molecule has 3 aliphatic rings. The van der Waals surface area contributed by atoms with Gasteiger partial charge in [-0.05, 0) is 32.0 Å². The Labute approximate surface area is 254 Å². The fraction of sp³-hybridized carbons (Fsp3) is 0.533. The molecule has 44 heavy (non-hydrogen) atoms. The summed E-state index contributed by atoms with van der Waals surface area (Å²) in [5.74, 6) is -3.16. The van der Waals surface area contributed by atoms with E-state index in [-0.39, 0.29) is 56.3 Å². The van der Waals surface area contributed by atoms with Crippen LogP contribution in [0.5, 0.6) is 5.75 Å². The molecule has 1 amide bonds. The molecule has 2 fully saturated rings. The fourth-order valence-corrected chi connectivity index (χ4v) is 5.41. The molecule has 2 saturated heterocycles. The Balaban J connectivity index is 0.00000442. The highest BCUT2D eigenvalue weighted by Crippen LogP contribution is 2.30. The lowest BCUT2D eigenvalue weighted by molar-refractivity contribution is -0.00456. The van der Waals surface area contributed by atoms with E-state index in [9.17, 15) is 28.0 Å². The van der Waals surface area contributed by atoms with Gasteiger partial charge in [0.1, 0.15) is 18.2 Å². The number of benzene rings is 1. The van der Waals surface area contributed by atoms with Crippen molar-refractivity contribution in [3.05, 3.63) is 63.1 Å². The summed E-state index contributed by atoms with van der Waals surface area (Å²) in [6.07, 6.45) is -0.689. The van der Waals surface area contributed by atoms with Crippen LogP contribution in [0.15, 0.2) is 29.2 Å². The molecule has 1 aromatic carbocycles. The van der Waals surface area contributed by atoms with Crippen molar-refractivity contribution in [3.8, 4) is 5.75 Å². The molecule has 1 aromatic heterocycles. The molecule has 0 bridgehead atoms. The number of carbonyl (C=O) groups is 3. The van der Waals surface area contributed by atoms with Crippen LogP contribution in [0.1, 0.15) is 47.2 Å². The topological polar surface area (TPSA) is 120 Å². The number of fused-ring (bicyclic) bond motifs is 2. The van der Waals surface area contributed by atoms with Crippen molar-refractivity contribution >= 4 is 17.8 Å². The third-order valence-corrected chi connectivity index (χ3v) is 7.88. The number of ether oxygens (including phenoxy) is 4. The molecule has 0 spiro atoms. The van der Waals surface area contributed by atoms with E-state index in [1.165, 1.54) is 21.7 Å². The highest BCUT2D eigenvalue weighted by molar-refractivity contribution is 6.00. The summed E-state index contributed by atoms with van der Waals surface area (Å²) in [6, 6.07) is 2.78. The molecule has 2 aromatic rings. The van der Waals surface area contributed by atoms with Crippen molar-refractivity contribution in [2.24, 2.45) is 0 Å². The Morgan fingerprint density at radius 3 is 2.57 bits per heavy atom. The van der Waals surface area contributed by atoms with Crippen LogP contribution in [0, 0.1) is 11.6 Å². The quantitative estimate of drug-likeness (QED) is 0.223. The molecule has 0 aliphatic carbocycles. The van der Waals surface area contributed by atoms with Gasteiger partial charge >= 0.3 is 6.16 Å². The zero-order chi connectivity index (χ0) is 30.7. The second kappa shape index (κ2) is 14.3. The largest absolute Gasteiger partial charge is 0.511 e. The summed E-state index contributed by atoms with van der Waals surface area (Å²) in [7, 11) is 2.04. The van der Waals surface area contributed by atoms with Crippen molar-refractivity contribution in [2.75, 3.05) is 59.8 Å².